The monoisotopic (exact) mass is 414 g/mol. The van der Waals surface area contributed by atoms with E-state index in [2.05, 4.69) is 98.8 Å². The Kier molecular flexibility index (Phi) is 4.40. The lowest BCUT2D eigenvalue weighted by Gasteiger charge is -2.19. The van der Waals surface area contributed by atoms with Crippen LogP contribution < -0.4 is 0 Å². The highest BCUT2D eigenvalue weighted by atomic mass is 16.1. The Labute approximate surface area is 189 Å². The SMILES string of the molecule is CC(C(=O)C(C)c1ccc2c(c1)Cc1ccccc1-2)c1ccc2c(c1)Cc1ccccc1-2. The van der Waals surface area contributed by atoms with Gasteiger partial charge >= 0.3 is 0 Å². The van der Waals surface area contributed by atoms with Crippen molar-refractivity contribution in [1.29, 1.82) is 0 Å². The summed E-state index contributed by atoms with van der Waals surface area (Å²) in [5.74, 6) is 0.0462. The highest BCUT2D eigenvalue weighted by Crippen LogP contribution is 2.40. The van der Waals surface area contributed by atoms with Gasteiger partial charge in [-0.15, -0.1) is 0 Å². The Bertz CT molecular complexity index is 1270. The molecule has 0 amide bonds. The molecule has 0 spiro atoms. The van der Waals surface area contributed by atoms with Gasteiger partial charge in [-0.05, 0) is 68.5 Å². The molecular formula is C31H26O. The van der Waals surface area contributed by atoms with Crippen LogP contribution in [-0.2, 0) is 17.6 Å². The maximum absolute atomic E-state index is 13.5. The zero-order valence-corrected chi connectivity index (χ0v) is 18.6. The molecule has 6 rings (SSSR count). The van der Waals surface area contributed by atoms with Crippen molar-refractivity contribution in [2.24, 2.45) is 0 Å². The molecule has 2 unspecified atom stereocenters. The van der Waals surface area contributed by atoms with E-state index in [1.165, 1.54) is 44.5 Å². The Hall–Kier alpha value is -3.45. The van der Waals surface area contributed by atoms with Crippen molar-refractivity contribution in [3.05, 3.63) is 118 Å². The van der Waals surface area contributed by atoms with Crippen molar-refractivity contribution in [3.63, 3.8) is 0 Å². The van der Waals surface area contributed by atoms with Gasteiger partial charge in [0.2, 0.25) is 0 Å². The number of fused-ring (bicyclic) bond motifs is 6. The normalized spacial score (nSPS) is 14.8. The molecule has 0 radical (unpaired) electrons. The zero-order chi connectivity index (χ0) is 21.8. The second kappa shape index (κ2) is 7.31. The second-order valence-electron chi connectivity index (χ2n) is 9.35. The maximum Gasteiger partial charge on any atom is 0.147 e. The zero-order valence-electron chi connectivity index (χ0n) is 18.6. The highest BCUT2D eigenvalue weighted by Gasteiger charge is 2.26. The number of rotatable bonds is 4. The van der Waals surface area contributed by atoms with Crippen LogP contribution in [0, 0.1) is 0 Å². The first-order valence-corrected chi connectivity index (χ1v) is 11.6. The summed E-state index contributed by atoms with van der Waals surface area (Å²) in [6, 6.07) is 30.4. The third kappa shape index (κ3) is 2.96. The fourth-order valence-electron chi connectivity index (χ4n) is 5.57. The van der Waals surface area contributed by atoms with Gasteiger partial charge in [0.25, 0.3) is 0 Å². The summed E-state index contributed by atoms with van der Waals surface area (Å²) < 4.78 is 0. The van der Waals surface area contributed by atoms with E-state index in [0.717, 1.165) is 24.0 Å². The van der Waals surface area contributed by atoms with E-state index in [1.807, 2.05) is 0 Å². The van der Waals surface area contributed by atoms with Crippen LogP contribution in [0.3, 0.4) is 0 Å². The van der Waals surface area contributed by atoms with E-state index in [9.17, 15) is 4.79 Å². The smallest absolute Gasteiger partial charge is 0.147 e. The van der Waals surface area contributed by atoms with Crippen molar-refractivity contribution in [3.8, 4) is 22.3 Å². The summed E-state index contributed by atoms with van der Waals surface area (Å²) >= 11 is 0. The Balaban J connectivity index is 1.25. The molecule has 0 aromatic heterocycles. The van der Waals surface area contributed by atoms with E-state index >= 15 is 0 Å². The first-order valence-electron chi connectivity index (χ1n) is 11.6. The van der Waals surface area contributed by atoms with E-state index < -0.39 is 0 Å². The number of Topliss-reactive ketones (excluding diaryl/α,β-unsaturated/α-hetero) is 1. The summed E-state index contributed by atoms with van der Waals surface area (Å²) in [7, 11) is 0. The highest BCUT2D eigenvalue weighted by molar-refractivity contribution is 5.92. The fraction of sp³-hybridized carbons (Fsp3) is 0.194. The van der Waals surface area contributed by atoms with Crippen molar-refractivity contribution >= 4 is 5.78 Å². The number of hydrogen-bond donors (Lipinski definition) is 0. The van der Waals surface area contributed by atoms with Crippen LogP contribution in [-0.4, -0.2) is 5.78 Å². The van der Waals surface area contributed by atoms with Crippen molar-refractivity contribution in [2.45, 2.75) is 38.5 Å². The van der Waals surface area contributed by atoms with Crippen molar-refractivity contribution < 1.29 is 4.79 Å². The van der Waals surface area contributed by atoms with Crippen LogP contribution in [0.5, 0.6) is 0 Å². The fourth-order valence-corrected chi connectivity index (χ4v) is 5.57. The molecule has 2 atom stereocenters. The largest absolute Gasteiger partial charge is 0.298 e. The standard InChI is InChI=1S/C31H26O/c1-19(21-11-13-29-25(15-21)17-23-7-3-5-9-27(23)29)31(32)20(2)22-12-14-30-26(16-22)18-24-8-4-6-10-28(24)30/h3-16,19-20H,17-18H2,1-2H3. The lowest BCUT2D eigenvalue weighted by molar-refractivity contribution is -0.121. The molecule has 4 aromatic carbocycles. The minimum Gasteiger partial charge on any atom is -0.298 e. The molecule has 0 aliphatic heterocycles. The number of ketones is 1. The average Bonchev–Trinajstić information content (AvgIpc) is 3.39. The molecule has 1 heteroatoms. The molecule has 0 saturated heterocycles. The number of carbonyl (C=O) groups is 1. The molecule has 32 heavy (non-hydrogen) atoms. The summed E-state index contributed by atoms with van der Waals surface area (Å²) in [5, 5.41) is 0. The van der Waals surface area contributed by atoms with Gasteiger partial charge < -0.3 is 0 Å². The molecule has 0 N–H and O–H groups in total. The van der Waals surface area contributed by atoms with E-state index in [-0.39, 0.29) is 17.6 Å². The Morgan fingerprint density at radius 2 is 0.969 bits per heavy atom. The predicted molar refractivity (Wildman–Crippen MR) is 131 cm³/mol. The molecule has 1 nitrogen and oxygen atoms in total. The van der Waals surface area contributed by atoms with Gasteiger partial charge in [0.05, 0.1) is 0 Å². The van der Waals surface area contributed by atoms with Crippen LogP contribution in [0.4, 0.5) is 0 Å². The molecular weight excluding hydrogens is 388 g/mol. The number of benzene rings is 4. The Morgan fingerprint density at radius 3 is 1.44 bits per heavy atom. The predicted octanol–water partition coefficient (Wildman–Crippen LogP) is 7.31. The number of carbonyl (C=O) groups excluding carboxylic acids is 1. The minimum atomic E-state index is -0.121. The van der Waals surface area contributed by atoms with E-state index in [4.69, 9.17) is 0 Å². The molecule has 0 bridgehead atoms. The summed E-state index contributed by atoms with van der Waals surface area (Å²) in [5.41, 5.74) is 13.0. The lowest BCUT2D eigenvalue weighted by atomic mass is 9.84. The molecule has 2 aliphatic rings. The van der Waals surface area contributed by atoms with Crippen LogP contribution in [0.2, 0.25) is 0 Å². The first kappa shape index (κ1) is 19.3. The topological polar surface area (TPSA) is 17.1 Å². The molecule has 0 saturated carbocycles. The van der Waals surface area contributed by atoms with E-state index in [0.29, 0.717) is 0 Å². The van der Waals surface area contributed by atoms with Gasteiger partial charge in [-0.3, -0.25) is 4.79 Å². The molecule has 4 aromatic rings. The van der Waals surface area contributed by atoms with E-state index in [1.54, 1.807) is 0 Å². The van der Waals surface area contributed by atoms with Gasteiger partial charge in [-0.1, -0.05) is 98.8 Å². The van der Waals surface area contributed by atoms with Gasteiger partial charge in [0.1, 0.15) is 5.78 Å². The second-order valence-corrected chi connectivity index (χ2v) is 9.35. The summed E-state index contributed by atoms with van der Waals surface area (Å²) in [4.78, 5) is 13.5. The summed E-state index contributed by atoms with van der Waals surface area (Å²) in [6.45, 7) is 4.12. The molecule has 0 heterocycles. The summed E-state index contributed by atoms with van der Waals surface area (Å²) in [6.07, 6.45) is 1.92. The van der Waals surface area contributed by atoms with Crippen LogP contribution in [0.25, 0.3) is 22.3 Å². The third-order valence-corrected chi connectivity index (χ3v) is 7.49. The van der Waals surface area contributed by atoms with Gasteiger partial charge in [0, 0.05) is 11.8 Å². The van der Waals surface area contributed by atoms with Crippen LogP contribution in [0.15, 0.2) is 84.9 Å². The quantitative estimate of drug-likeness (QED) is 0.296. The Morgan fingerprint density at radius 1 is 0.562 bits per heavy atom. The third-order valence-electron chi connectivity index (χ3n) is 7.49. The van der Waals surface area contributed by atoms with Crippen molar-refractivity contribution in [1.82, 2.24) is 0 Å². The maximum atomic E-state index is 13.5. The molecule has 156 valence electrons. The minimum absolute atomic E-state index is 0.121. The van der Waals surface area contributed by atoms with Crippen LogP contribution in [0.1, 0.15) is 59.1 Å². The van der Waals surface area contributed by atoms with Crippen molar-refractivity contribution in [2.75, 3.05) is 0 Å². The van der Waals surface area contributed by atoms with Gasteiger partial charge in [0.15, 0.2) is 0 Å². The number of hydrogen-bond acceptors (Lipinski definition) is 1. The lowest BCUT2D eigenvalue weighted by Crippen LogP contribution is -2.17. The molecule has 2 aliphatic carbocycles. The van der Waals surface area contributed by atoms with Gasteiger partial charge in [-0.2, -0.15) is 0 Å². The van der Waals surface area contributed by atoms with Crippen LogP contribution >= 0.6 is 0 Å². The average molecular weight is 415 g/mol. The first-order chi connectivity index (χ1) is 15.6. The van der Waals surface area contributed by atoms with Gasteiger partial charge in [-0.25, -0.2) is 0 Å². The molecule has 0 fully saturated rings.